The highest BCUT2D eigenvalue weighted by molar-refractivity contribution is 5.81. The molecule has 0 spiro atoms. The second-order valence-electron chi connectivity index (χ2n) is 6.03. The molecular weight excluding hydrogens is 300 g/mol. The zero-order valence-electron chi connectivity index (χ0n) is 14.5. The van der Waals surface area contributed by atoms with Crippen LogP contribution in [0.15, 0.2) is 53.6 Å². The third-order valence-corrected chi connectivity index (χ3v) is 4.16. The number of hydrogen-bond donors (Lipinski definition) is 1. The first-order chi connectivity index (χ1) is 11.6. The van der Waals surface area contributed by atoms with E-state index in [9.17, 15) is 4.79 Å². The fourth-order valence-corrected chi connectivity index (χ4v) is 2.79. The number of carboxylic acid groups (broad SMARTS) is 1. The Morgan fingerprint density at radius 2 is 2.04 bits per heavy atom. The van der Waals surface area contributed by atoms with Gasteiger partial charge in [-0.25, -0.2) is 4.79 Å². The lowest BCUT2D eigenvalue weighted by Gasteiger charge is -2.26. The maximum atomic E-state index is 10.9. The number of rotatable bonds is 8. The molecule has 128 valence electrons. The van der Waals surface area contributed by atoms with E-state index in [1.807, 2.05) is 43.3 Å². The summed E-state index contributed by atoms with van der Waals surface area (Å²) >= 11 is 0. The number of unbranched alkanes of at least 4 members (excludes halogenated alkanes) is 2. The van der Waals surface area contributed by atoms with Crippen molar-refractivity contribution in [3.05, 3.63) is 59.2 Å². The summed E-state index contributed by atoms with van der Waals surface area (Å²) in [6.45, 7) is 4.15. The van der Waals surface area contributed by atoms with Crippen LogP contribution in [0, 0.1) is 0 Å². The maximum Gasteiger partial charge on any atom is 0.328 e. The molecule has 0 fully saturated rings. The van der Waals surface area contributed by atoms with Gasteiger partial charge < -0.3 is 9.84 Å². The number of carbonyl (C=O) groups is 1. The molecule has 1 aliphatic heterocycles. The zero-order chi connectivity index (χ0) is 17.4. The van der Waals surface area contributed by atoms with Gasteiger partial charge in [0.15, 0.2) is 0 Å². The van der Waals surface area contributed by atoms with E-state index >= 15 is 0 Å². The summed E-state index contributed by atoms with van der Waals surface area (Å²) in [6.07, 6.45) is 12.5. The van der Waals surface area contributed by atoms with Crippen molar-refractivity contribution in [2.45, 2.75) is 52.1 Å². The van der Waals surface area contributed by atoms with Crippen molar-refractivity contribution in [2.24, 2.45) is 0 Å². The Kier molecular flexibility index (Phi) is 6.86. The number of ether oxygens (including phenoxy) is 1. The van der Waals surface area contributed by atoms with Crippen molar-refractivity contribution in [1.82, 2.24) is 0 Å². The highest BCUT2D eigenvalue weighted by Gasteiger charge is 2.20. The van der Waals surface area contributed by atoms with Crippen molar-refractivity contribution in [2.75, 3.05) is 0 Å². The molecule has 24 heavy (non-hydrogen) atoms. The van der Waals surface area contributed by atoms with Gasteiger partial charge in [0, 0.05) is 11.6 Å². The fourth-order valence-electron chi connectivity index (χ4n) is 2.79. The molecule has 1 heterocycles. The Labute approximate surface area is 144 Å². The largest absolute Gasteiger partial charge is 0.485 e. The van der Waals surface area contributed by atoms with Gasteiger partial charge in [0.25, 0.3) is 0 Å². The van der Waals surface area contributed by atoms with Gasteiger partial charge in [-0.3, -0.25) is 0 Å². The van der Waals surface area contributed by atoms with E-state index in [0.717, 1.165) is 35.3 Å². The van der Waals surface area contributed by atoms with Gasteiger partial charge in [-0.2, -0.15) is 0 Å². The molecule has 0 aliphatic carbocycles. The molecule has 0 aromatic heterocycles. The Morgan fingerprint density at radius 3 is 2.75 bits per heavy atom. The second kappa shape index (κ2) is 9.11. The molecule has 1 atom stereocenters. The van der Waals surface area contributed by atoms with E-state index in [1.54, 1.807) is 0 Å². The maximum absolute atomic E-state index is 10.9. The molecule has 1 aromatic carbocycles. The minimum Gasteiger partial charge on any atom is -0.485 e. The van der Waals surface area contributed by atoms with Crippen LogP contribution in [0.3, 0.4) is 0 Å². The molecule has 0 radical (unpaired) electrons. The van der Waals surface area contributed by atoms with Crippen LogP contribution in [-0.2, 0) is 4.79 Å². The highest BCUT2D eigenvalue weighted by Crippen LogP contribution is 2.32. The molecule has 1 unspecified atom stereocenters. The number of aliphatic carboxylic acids is 1. The van der Waals surface area contributed by atoms with E-state index in [1.165, 1.54) is 18.9 Å². The van der Waals surface area contributed by atoms with Crippen molar-refractivity contribution >= 4 is 12.0 Å². The van der Waals surface area contributed by atoms with Gasteiger partial charge in [0.05, 0.1) is 0 Å². The number of para-hydroxylation sites is 1. The molecule has 0 saturated heterocycles. The number of fused-ring (bicyclic) bond motifs is 1. The SMILES string of the molecule is CCCCCC1Oc2ccccc2C=C1/C=C/C(=C/C(=O)O)CC. The topological polar surface area (TPSA) is 46.5 Å². The van der Waals surface area contributed by atoms with Gasteiger partial charge in [0.1, 0.15) is 11.9 Å². The number of carboxylic acids is 1. The van der Waals surface area contributed by atoms with Gasteiger partial charge in [-0.15, -0.1) is 0 Å². The molecule has 2 rings (SSSR count). The minimum absolute atomic E-state index is 0.0330. The molecular formula is C21H26O3. The van der Waals surface area contributed by atoms with Crippen molar-refractivity contribution in [3.8, 4) is 5.75 Å². The summed E-state index contributed by atoms with van der Waals surface area (Å²) in [5.41, 5.74) is 2.98. The van der Waals surface area contributed by atoms with Crippen molar-refractivity contribution < 1.29 is 14.6 Å². The van der Waals surface area contributed by atoms with Crippen LogP contribution in [-0.4, -0.2) is 17.2 Å². The molecule has 0 saturated carbocycles. The summed E-state index contributed by atoms with van der Waals surface area (Å²) < 4.78 is 6.18. The monoisotopic (exact) mass is 326 g/mol. The summed E-state index contributed by atoms with van der Waals surface area (Å²) in [5, 5.41) is 8.93. The molecule has 0 amide bonds. The molecule has 3 heteroatoms. The van der Waals surface area contributed by atoms with E-state index in [0.29, 0.717) is 6.42 Å². The van der Waals surface area contributed by atoms with Crippen molar-refractivity contribution in [1.29, 1.82) is 0 Å². The predicted octanol–water partition coefficient (Wildman–Crippen LogP) is 5.39. The van der Waals surface area contributed by atoms with E-state index < -0.39 is 5.97 Å². The molecule has 1 aliphatic rings. The summed E-state index contributed by atoms with van der Waals surface area (Å²) in [6, 6.07) is 8.03. The van der Waals surface area contributed by atoms with Gasteiger partial charge >= 0.3 is 5.97 Å². The van der Waals surface area contributed by atoms with Gasteiger partial charge in [0.2, 0.25) is 0 Å². The third-order valence-electron chi connectivity index (χ3n) is 4.16. The summed E-state index contributed by atoms with van der Waals surface area (Å²) in [7, 11) is 0. The smallest absolute Gasteiger partial charge is 0.328 e. The van der Waals surface area contributed by atoms with Crippen LogP contribution in [0.25, 0.3) is 6.08 Å². The Bertz CT molecular complexity index is 653. The van der Waals surface area contributed by atoms with Crippen LogP contribution in [0.1, 0.15) is 51.5 Å². The minimum atomic E-state index is -0.907. The lowest BCUT2D eigenvalue weighted by atomic mass is 9.96. The number of benzene rings is 1. The standard InChI is InChI=1S/C21H26O3/c1-3-5-6-10-20-18(13-12-16(4-2)14-21(22)23)15-17-9-7-8-11-19(17)24-20/h7-9,11-15,20H,3-6,10H2,1-2H3,(H,22,23)/b13-12+,16-14+. The molecule has 3 nitrogen and oxygen atoms in total. The Balaban J connectivity index is 2.24. The Hall–Kier alpha value is -2.29. The van der Waals surface area contributed by atoms with Crippen LogP contribution >= 0.6 is 0 Å². The van der Waals surface area contributed by atoms with Crippen LogP contribution in [0.2, 0.25) is 0 Å². The first kappa shape index (κ1) is 18.1. The van der Waals surface area contributed by atoms with Crippen LogP contribution in [0.4, 0.5) is 0 Å². The fraction of sp³-hybridized carbons (Fsp3) is 0.381. The zero-order valence-corrected chi connectivity index (χ0v) is 14.5. The van der Waals surface area contributed by atoms with E-state index in [2.05, 4.69) is 13.0 Å². The summed E-state index contributed by atoms with van der Waals surface area (Å²) in [4.78, 5) is 10.9. The molecule has 1 N–H and O–H groups in total. The third kappa shape index (κ3) is 5.12. The quantitative estimate of drug-likeness (QED) is 0.396. The lowest BCUT2D eigenvalue weighted by Crippen LogP contribution is -2.21. The Morgan fingerprint density at radius 1 is 1.25 bits per heavy atom. The van der Waals surface area contributed by atoms with Crippen molar-refractivity contribution in [3.63, 3.8) is 0 Å². The van der Waals surface area contributed by atoms with Crippen LogP contribution in [0.5, 0.6) is 5.75 Å². The van der Waals surface area contributed by atoms with E-state index in [-0.39, 0.29) is 6.10 Å². The first-order valence-corrected chi connectivity index (χ1v) is 8.72. The number of hydrogen-bond acceptors (Lipinski definition) is 2. The normalized spacial score (nSPS) is 17.3. The first-order valence-electron chi connectivity index (χ1n) is 8.72. The second-order valence-corrected chi connectivity index (χ2v) is 6.03. The van der Waals surface area contributed by atoms with Gasteiger partial charge in [-0.1, -0.05) is 57.0 Å². The average Bonchev–Trinajstić information content (AvgIpc) is 2.58. The van der Waals surface area contributed by atoms with Crippen LogP contribution < -0.4 is 4.74 Å². The average molecular weight is 326 g/mol. The molecule has 1 aromatic rings. The number of allylic oxidation sites excluding steroid dienone is 2. The highest BCUT2D eigenvalue weighted by atomic mass is 16.5. The lowest BCUT2D eigenvalue weighted by molar-refractivity contribution is -0.131. The van der Waals surface area contributed by atoms with Gasteiger partial charge in [-0.05, 0) is 42.6 Å². The van der Waals surface area contributed by atoms with E-state index in [4.69, 9.17) is 9.84 Å². The predicted molar refractivity (Wildman–Crippen MR) is 98.1 cm³/mol. The summed E-state index contributed by atoms with van der Waals surface area (Å²) in [5.74, 6) is 0.0168. The molecule has 0 bridgehead atoms.